The Hall–Kier alpha value is -2.61. The van der Waals surface area contributed by atoms with E-state index in [2.05, 4.69) is 27.1 Å². The maximum absolute atomic E-state index is 12.0. The summed E-state index contributed by atoms with van der Waals surface area (Å²) in [6.45, 7) is 4.06. The molecule has 0 atom stereocenters. The maximum Gasteiger partial charge on any atom is 0.272 e. The third-order valence-corrected chi connectivity index (χ3v) is 4.37. The molecule has 0 aromatic carbocycles. The first-order valence-corrected chi connectivity index (χ1v) is 8.22. The Balaban J connectivity index is 2.03. The van der Waals surface area contributed by atoms with E-state index in [0.717, 1.165) is 27.6 Å². The van der Waals surface area contributed by atoms with Crippen molar-refractivity contribution in [2.24, 2.45) is 0 Å². The number of rotatable bonds is 3. The molecule has 8 heteroatoms. The predicted molar refractivity (Wildman–Crippen MR) is 88.9 cm³/mol. The molecule has 0 amide bonds. The largest absolute Gasteiger partial charge is 0.282 e. The number of aromatic nitrogens is 6. The van der Waals surface area contributed by atoms with Gasteiger partial charge in [0.05, 0.1) is 5.56 Å². The van der Waals surface area contributed by atoms with Crippen molar-refractivity contribution < 1.29 is 0 Å². The van der Waals surface area contributed by atoms with E-state index in [1.807, 2.05) is 25.3 Å². The van der Waals surface area contributed by atoms with Gasteiger partial charge < -0.3 is 0 Å². The van der Waals surface area contributed by atoms with Crippen LogP contribution in [0, 0.1) is 6.92 Å². The summed E-state index contributed by atoms with van der Waals surface area (Å²) in [6, 6.07) is 5.34. The van der Waals surface area contributed by atoms with Crippen LogP contribution in [-0.2, 0) is 0 Å². The molecule has 0 aliphatic heterocycles. The smallest absolute Gasteiger partial charge is 0.272 e. The van der Waals surface area contributed by atoms with Gasteiger partial charge in [-0.25, -0.2) is 14.5 Å². The van der Waals surface area contributed by atoms with Crippen LogP contribution in [0.3, 0.4) is 0 Å². The van der Waals surface area contributed by atoms with Gasteiger partial charge in [0.1, 0.15) is 5.03 Å². The van der Waals surface area contributed by atoms with Crippen molar-refractivity contribution in [3.05, 3.63) is 46.5 Å². The first-order valence-electron chi connectivity index (χ1n) is 7.23. The highest BCUT2D eigenvalue weighted by Gasteiger charge is 2.19. The molecule has 7 nitrogen and oxygen atoms in total. The summed E-state index contributed by atoms with van der Waals surface area (Å²) in [5.41, 5.74) is 3.01. The van der Waals surface area contributed by atoms with Crippen LogP contribution in [0.1, 0.15) is 12.5 Å². The quantitative estimate of drug-likeness (QED) is 0.584. The summed E-state index contributed by atoms with van der Waals surface area (Å²) < 4.78 is 3.18. The molecule has 0 spiro atoms. The Labute approximate surface area is 135 Å². The molecule has 4 heterocycles. The molecule has 1 N–H and O–H groups in total. The normalized spacial score (nSPS) is 11.6. The van der Waals surface area contributed by atoms with Crippen LogP contribution in [0.25, 0.3) is 22.7 Å². The number of nitrogens with zero attached hydrogens (tertiary/aromatic N) is 5. The fourth-order valence-electron chi connectivity index (χ4n) is 2.49. The zero-order valence-electron chi connectivity index (χ0n) is 12.6. The van der Waals surface area contributed by atoms with Crippen LogP contribution in [0.5, 0.6) is 0 Å². The lowest BCUT2D eigenvalue weighted by molar-refractivity contribution is 0.855. The summed E-state index contributed by atoms with van der Waals surface area (Å²) in [5.74, 6) is 1.42. The molecule has 0 unspecified atom stereocenters. The minimum atomic E-state index is -0.154. The molecule has 0 aliphatic carbocycles. The number of aryl methyl sites for hydroxylation is 1. The van der Waals surface area contributed by atoms with Gasteiger partial charge in [-0.05, 0) is 24.3 Å². The van der Waals surface area contributed by atoms with E-state index in [0.29, 0.717) is 11.5 Å². The monoisotopic (exact) mass is 326 g/mol. The summed E-state index contributed by atoms with van der Waals surface area (Å²) in [5, 5.41) is 8.50. The number of hydrogen-bond acceptors (Lipinski definition) is 5. The molecule has 4 aromatic rings. The number of thioether (sulfide) groups is 1. The second-order valence-corrected chi connectivity index (χ2v) is 6.41. The van der Waals surface area contributed by atoms with Gasteiger partial charge in [0.15, 0.2) is 17.1 Å². The molecule has 0 radical (unpaired) electrons. The molecular formula is C15H14N6OS. The van der Waals surface area contributed by atoms with E-state index in [4.69, 9.17) is 0 Å². The molecule has 4 rings (SSSR count). The van der Waals surface area contributed by atoms with Gasteiger partial charge >= 0.3 is 0 Å². The standard InChI is InChI=1S/C15H14N6OS/c1-3-23-15-12(14-16-7-6-11(22)21(14)19-15)13-17-10-5-4-9(2)8-20(10)18-13/h4-8,19H,3H2,1-2H3. The fraction of sp³-hybridized carbons (Fsp3) is 0.200. The van der Waals surface area contributed by atoms with Gasteiger partial charge in [0.2, 0.25) is 0 Å². The summed E-state index contributed by atoms with van der Waals surface area (Å²) in [6.07, 6.45) is 3.43. The predicted octanol–water partition coefficient (Wildman–Crippen LogP) is 2.15. The van der Waals surface area contributed by atoms with Crippen LogP contribution in [0.2, 0.25) is 0 Å². The van der Waals surface area contributed by atoms with Crippen LogP contribution in [0.15, 0.2) is 40.4 Å². The van der Waals surface area contributed by atoms with E-state index >= 15 is 0 Å². The lowest BCUT2D eigenvalue weighted by atomic mass is 10.3. The number of nitrogens with one attached hydrogen (secondary N) is 1. The van der Waals surface area contributed by atoms with E-state index in [1.54, 1.807) is 16.3 Å². The van der Waals surface area contributed by atoms with Crippen molar-refractivity contribution in [2.75, 3.05) is 5.75 Å². The minimum absolute atomic E-state index is 0.154. The van der Waals surface area contributed by atoms with Gasteiger partial charge in [0.25, 0.3) is 5.56 Å². The van der Waals surface area contributed by atoms with Gasteiger partial charge in [-0.1, -0.05) is 13.0 Å². The van der Waals surface area contributed by atoms with Gasteiger partial charge in [-0.3, -0.25) is 9.89 Å². The zero-order valence-corrected chi connectivity index (χ0v) is 13.5. The van der Waals surface area contributed by atoms with Crippen LogP contribution in [-0.4, -0.2) is 34.9 Å². The molecule has 0 aliphatic rings. The first-order chi connectivity index (χ1) is 11.2. The Morgan fingerprint density at radius 3 is 3.00 bits per heavy atom. The van der Waals surface area contributed by atoms with Crippen molar-refractivity contribution in [1.82, 2.24) is 29.2 Å². The Bertz CT molecular complexity index is 1080. The Morgan fingerprint density at radius 2 is 2.17 bits per heavy atom. The van der Waals surface area contributed by atoms with E-state index < -0.39 is 0 Å². The van der Waals surface area contributed by atoms with Crippen molar-refractivity contribution in [3.63, 3.8) is 0 Å². The molecule has 0 saturated heterocycles. The highest BCUT2D eigenvalue weighted by Crippen LogP contribution is 2.31. The summed E-state index contributed by atoms with van der Waals surface area (Å²) in [7, 11) is 0. The van der Waals surface area contributed by atoms with Gasteiger partial charge in [-0.15, -0.1) is 16.9 Å². The molecule has 23 heavy (non-hydrogen) atoms. The average Bonchev–Trinajstić information content (AvgIpc) is 3.08. The second kappa shape index (κ2) is 5.24. The Morgan fingerprint density at radius 1 is 1.30 bits per heavy atom. The highest BCUT2D eigenvalue weighted by molar-refractivity contribution is 7.99. The number of fused-ring (bicyclic) bond motifs is 2. The molecule has 0 saturated carbocycles. The zero-order chi connectivity index (χ0) is 16.0. The first kappa shape index (κ1) is 14.0. The summed E-state index contributed by atoms with van der Waals surface area (Å²) in [4.78, 5) is 21.0. The van der Waals surface area contributed by atoms with E-state index in [1.165, 1.54) is 16.8 Å². The fourth-order valence-corrected chi connectivity index (χ4v) is 3.27. The molecule has 0 fully saturated rings. The average molecular weight is 326 g/mol. The Kier molecular flexibility index (Phi) is 3.19. The van der Waals surface area contributed by atoms with Crippen molar-refractivity contribution in [3.8, 4) is 11.4 Å². The number of H-pyrrole nitrogens is 1. The lowest BCUT2D eigenvalue weighted by Crippen LogP contribution is -2.12. The van der Waals surface area contributed by atoms with Crippen molar-refractivity contribution in [2.45, 2.75) is 18.9 Å². The number of aromatic amines is 1. The number of hydrogen-bond donors (Lipinski definition) is 1. The third-order valence-electron chi connectivity index (χ3n) is 3.50. The highest BCUT2D eigenvalue weighted by atomic mass is 32.2. The second-order valence-electron chi connectivity index (χ2n) is 5.14. The number of pyridine rings is 1. The molecular weight excluding hydrogens is 312 g/mol. The minimum Gasteiger partial charge on any atom is -0.282 e. The van der Waals surface area contributed by atoms with E-state index in [-0.39, 0.29) is 5.56 Å². The van der Waals surface area contributed by atoms with Gasteiger partial charge in [-0.2, -0.15) is 4.52 Å². The van der Waals surface area contributed by atoms with Crippen molar-refractivity contribution in [1.29, 1.82) is 0 Å². The maximum atomic E-state index is 12.0. The summed E-state index contributed by atoms with van der Waals surface area (Å²) >= 11 is 1.60. The van der Waals surface area contributed by atoms with Crippen LogP contribution >= 0.6 is 11.8 Å². The topological polar surface area (TPSA) is 80.3 Å². The van der Waals surface area contributed by atoms with Crippen LogP contribution < -0.4 is 5.56 Å². The third kappa shape index (κ3) is 2.22. The lowest BCUT2D eigenvalue weighted by Gasteiger charge is -1.96. The van der Waals surface area contributed by atoms with E-state index in [9.17, 15) is 4.79 Å². The van der Waals surface area contributed by atoms with Crippen LogP contribution in [0.4, 0.5) is 0 Å². The SMILES string of the molecule is CCSc1[nH]n2c(=O)ccnc2c1-c1nc2ccc(C)cn2n1. The molecule has 116 valence electrons. The molecule has 4 aromatic heterocycles. The molecule has 0 bridgehead atoms. The van der Waals surface area contributed by atoms with Crippen molar-refractivity contribution >= 4 is 23.1 Å². The van der Waals surface area contributed by atoms with Gasteiger partial charge in [0, 0.05) is 18.5 Å².